The molecule has 0 bridgehead atoms. The van der Waals surface area contributed by atoms with Crippen molar-refractivity contribution in [3.63, 3.8) is 0 Å². The summed E-state index contributed by atoms with van der Waals surface area (Å²) >= 11 is 0. The number of hydrogen-bond donors (Lipinski definition) is 2. The van der Waals surface area contributed by atoms with Crippen molar-refractivity contribution in [3.8, 4) is 5.69 Å². The Morgan fingerprint density at radius 3 is 2.48 bits per heavy atom. The Labute approximate surface area is 134 Å². The van der Waals surface area contributed by atoms with Gasteiger partial charge in [-0.05, 0) is 43.9 Å². The van der Waals surface area contributed by atoms with Gasteiger partial charge in [0.05, 0.1) is 5.69 Å². The molecule has 0 atom stereocenters. The highest BCUT2D eigenvalue weighted by Gasteiger charge is 2.21. The third kappa shape index (κ3) is 3.65. The second-order valence-corrected chi connectivity index (χ2v) is 5.89. The Morgan fingerprint density at radius 2 is 1.78 bits per heavy atom. The lowest BCUT2D eigenvalue weighted by Gasteiger charge is -2.26. The van der Waals surface area contributed by atoms with Gasteiger partial charge in [-0.2, -0.15) is 9.78 Å². The molecule has 23 heavy (non-hydrogen) atoms. The number of nitrogens with one attached hydrogen (secondary N) is 1. The maximum atomic E-state index is 12.4. The molecule has 0 unspecified atom stereocenters. The van der Waals surface area contributed by atoms with Crippen LogP contribution in [0.2, 0.25) is 0 Å². The first kappa shape index (κ1) is 15.4. The van der Waals surface area contributed by atoms with Gasteiger partial charge >= 0.3 is 0 Å². The molecule has 0 saturated heterocycles. The molecule has 3 N–H and O–H groups in total. The Hall–Kier alpha value is -2.47. The monoisotopic (exact) mass is 312 g/mol. The molecule has 6 nitrogen and oxygen atoms in total. The summed E-state index contributed by atoms with van der Waals surface area (Å²) in [6, 6.07) is 12.2. The number of aromatic nitrogens is 2. The number of para-hydroxylation sites is 1. The lowest BCUT2D eigenvalue weighted by atomic mass is 9.92. The van der Waals surface area contributed by atoms with Gasteiger partial charge in [-0.3, -0.25) is 9.59 Å². The topological polar surface area (TPSA) is 90.0 Å². The van der Waals surface area contributed by atoms with E-state index >= 15 is 0 Å². The predicted octanol–water partition coefficient (Wildman–Crippen LogP) is 1.23. The van der Waals surface area contributed by atoms with Gasteiger partial charge in [-0.15, -0.1) is 0 Å². The van der Waals surface area contributed by atoms with E-state index in [0.717, 1.165) is 25.7 Å². The lowest BCUT2D eigenvalue weighted by molar-refractivity contribution is 0.0919. The van der Waals surface area contributed by atoms with Gasteiger partial charge in [0, 0.05) is 18.2 Å². The molecule has 1 aliphatic rings. The molecule has 6 heteroatoms. The molecule has 1 aliphatic carbocycles. The van der Waals surface area contributed by atoms with Crippen molar-refractivity contribution >= 4 is 5.91 Å². The van der Waals surface area contributed by atoms with Crippen molar-refractivity contribution in [2.45, 2.75) is 37.8 Å². The van der Waals surface area contributed by atoms with E-state index in [2.05, 4.69) is 10.4 Å². The summed E-state index contributed by atoms with van der Waals surface area (Å²) in [7, 11) is 0. The van der Waals surface area contributed by atoms with Crippen molar-refractivity contribution in [1.82, 2.24) is 15.1 Å². The van der Waals surface area contributed by atoms with E-state index in [4.69, 9.17) is 5.73 Å². The number of nitrogens with zero attached hydrogens (tertiary/aromatic N) is 2. The Morgan fingerprint density at radius 1 is 1.09 bits per heavy atom. The molecular formula is C17H20N4O2. The van der Waals surface area contributed by atoms with Gasteiger partial charge in [0.1, 0.15) is 5.69 Å². The fraction of sp³-hybridized carbons (Fsp3) is 0.353. The van der Waals surface area contributed by atoms with Gasteiger partial charge in [-0.25, -0.2) is 0 Å². The number of hydrogen-bond acceptors (Lipinski definition) is 4. The number of nitrogens with two attached hydrogens (primary N) is 1. The molecule has 1 heterocycles. The molecule has 1 aromatic heterocycles. The molecule has 0 radical (unpaired) electrons. The minimum absolute atomic E-state index is 0.126. The van der Waals surface area contributed by atoms with E-state index in [1.54, 1.807) is 12.1 Å². The van der Waals surface area contributed by atoms with Gasteiger partial charge in [0.15, 0.2) is 0 Å². The lowest BCUT2D eigenvalue weighted by Crippen LogP contribution is -2.41. The van der Waals surface area contributed by atoms with Crippen LogP contribution in [0.25, 0.3) is 5.69 Å². The fourth-order valence-electron chi connectivity index (χ4n) is 2.81. The average molecular weight is 312 g/mol. The first-order valence-electron chi connectivity index (χ1n) is 7.86. The standard InChI is InChI=1S/C17H20N4O2/c18-12-6-8-13(9-7-12)19-17(23)15-10-11-16(22)21(20-15)14-4-2-1-3-5-14/h1-5,10-13H,6-9,18H2,(H,19,23). The fourth-order valence-corrected chi connectivity index (χ4v) is 2.81. The highest BCUT2D eigenvalue weighted by molar-refractivity contribution is 5.92. The summed E-state index contributed by atoms with van der Waals surface area (Å²) in [6.07, 6.45) is 3.60. The van der Waals surface area contributed by atoms with Crippen LogP contribution < -0.4 is 16.6 Å². The summed E-state index contributed by atoms with van der Waals surface area (Å²) in [5.41, 5.74) is 6.48. The van der Waals surface area contributed by atoms with Crippen LogP contribution in [-0.4, -0.2) is 27.8 Å². The number of amides is 1. The zero-order chi connectivity index (χ0) is 16.2. The van der Waals surface area contributed by atoms with Gasteiger partial charge in [0.25, 0.3) is 11.5 Å². The molecule has 3 rings (SSSR count). The SMILES string of the molecule is NC1CCC(NC(=O)c2ccc(=O)n(-c3ccccc3)n2)CC1. The van der Waals surface area contributed by atoms with Gasteiger partial charge in [0.2, 0.25) is 0 Å². The number of carbonyl (C=O) groups excluding carboxylic acids is 1. The summed E-state index contributed by atoms with van der Waals surface area (Å²) in [6.45, 7) is 0. The Balaban J connectivity index is 1.78. The first-order valence-corrected chi connectivity index (χ1v) is 7.86. The summed E-state index contributed by atoms with van der Waals surface area (Å²) < 4.78 is 1.24. The van der Waals surface area contributed by atoms with E-state index < -0.39 is 0 Å². The Kier molecular flexibility index (Phi) is 4.52. The van der Waals surface area contributed by atoms with Crippen LogP contribution in [0.5, 0.6) is 0 Å². The quantitative estimate of drug-likeness (QED) is 0.892. The number of benzene rings is 1. The van der Waals surface area contributed by atoms with Crippen LogP contribution in [0.3, 0.4) is 0 Å². The second kappa shape index (κ2) is 6.75. The third-order valence-corrected chi connectivity index (χ3v) is 4.14. The van der Waals surface area contributed by atoms with E-state index in [1.807, 2.05) is 18.2 Å². The van der Waals surface area contributed by atoms with Crippen LogP contribution in [0.15, 0.2) is 47.3 Å². The maximum Gasteiger partial charge on any atom is 0.271 e. The summed E-state index contributed by atoms with van der Waals surface area (Å²) in [5.74, 6) is -0.254. The van der Waals surface area contributed by atoms with E-state index in [9.17, 15) is 9.59 Å². The van der Waals surface area contributed by atoms with Crippen molar-refractivity contribution in [2.75, 3.05) is 0 Å². The minimum atomic E-state index is -0.267. The number of carbonyl (C=O) groups is 1. The van der Waals surface area contributed by atoms with Crippen LogP contribution >= 0.6 is 0 Å². The maximum absolute atomic E-state index is 12.4. The molecule has 1 saturated carbocycles. The van der Waals surface area contributed by atoms with E-state index in [-0.39, 0.29) is 29.2 Å². The highest BCUT2D eigenvalue weighted by Crippen LogP contribution is 2.17. The Bertz CT molecular complexity index is 734. The molecular weight excluding hydrogens is 292 g/mol. The van der Waals surface area contributed by atoms with Crippen molar-refractivity contribution in [3.05, 3.63) is 58.5 Å². The zero-order valence-electron chi connectivity index (χ0n) is 12.8. The molecule has 2 aromatic rings. The second-order valence-electron chi connectivity index (χ2n) is 5.89. The summed E-state index contributed by atoms with van der Waals surface area (Å²) in [5, 5.41) is 7.17. The molecule has 1 amide bonds. The molecule has 1 aromatic carbocycles. The van der Waals surface area contributed by atoms with E-state index in [1.165, 1.54) is 16.8 Å². The molecule has 120 valence electrons. The molecule has 1 fully saturated rings. The van der Waals surface area contributed by atoms with Crippen LogP contribution in [-0.2, 0) is 0 Å². The van der Waals surface area contributed by atoms with Crippen molar-refractivity contribution in [2.24, 2.45) is 5.73 Å². The van der Waals surface area contributed by atoms with Crippen molar-refractivity contribution in [1.29, 1.82) is 0 Å². The van der Waals surface area contributed by atoms with E-state index in [0.29, 0.717) is 5.69 Å². The van der Waals surface area contributed by atoms with Crippen LogP contribution in [0, 0.1) is 0 Å². The smallest absolute Gasteiger partial charge is 0.271 e. The average Bonchev–Trinajstić information content (AvgIpc) is 2.58. The third-order valence-electron chi connectivity index (χ3n) is 4.14. The van der Waals surface area contributed by atoms with Gasteiger partial charge < -0.3 is 11.1 Å². The number of rotatable bonds is 3. The zero-order valence-corrected chi connectivity index (χ0v) is 12.8. The summed E-state index contributed by atoms with van der Waals surface area (Å²) in [4.78, 5) is 24.3. The van der Waals surface area contributed by atoms with Gasteiger partial charge in [-0.1, -0.05) is 18.2 Å². The van der Waals surface area contributed by atoms with Crippen LogP contribution in [0.1, 0.15) is 36.2 Å². The van der Waals surface area contributed by atoms with Crippen LogP contribution in [0.4, 0.5) is 0 Å². The highest BCUT2D eigenvalue weighted by atomic mass is 16.2. The van der Waals surface area contributed by atoms with Crippen molar-refractivity contribution < 1.29 is 4.79 Å². The molecule has 0 spiro atoms. The minimum Gasteiger partial charge on any atom is -0.348 e. The largest absolute Gasteiger partial charge is 0.348 e. The molecule has 0 aliphatic heterocycles. The normalized spacial score (nSPS) is 20.9. The predicted molar refractivity (Wildman–Crippen MR) is 87.5 cm³/mol. The first-order chi connectivity index (χ1) is 11.1.